The van der Waals surface area contributed by atoms with E-state index < -0.39 is 11.6 Å². The van der Waals surface area contributed by atoms with E-state index in [-0.39, 0.29) is 11.6 Å². The van der Waals surface area contributed by atoms with Crippen LogP contribution in [0, 0.1) is 18.6 Å². The molecule has 20 heavy (non-hydrogen) atoms. The minimum Gasteiger partial charge on any atom is -0.368 e. The van der Waals surface area contributed by atoms with Crippen LogP contribution in [0.5, 0.6) is 0 Å². The smallest absolute Gasteiger partial charge is 0.169 e. The van der Waals surface area contributed by atoms with Crippen LogP contribution in [0.25, 0.3) is 0 Å². The maximum absolute atomic E-state index is 13.8. The number of nitrogens with one attached hydrogen (secondary N) is 2. The molecule has 0 aliphatic carbocycles. The van der Waals surface area contributed by atoms with Gasteiger partial charge in [0.05, 0.1) is 0 Å². The zero-order valence-electron chi connectivity index (χ0n) is 11.1. The summed E-state index contributed by atoms with van der Waals surface area (Å²) in [5, 5.41) is 5.61. The summed E-state index contributed by atoms with van der Waals surface area (Å²) in [6, 6.07) is 6.40. The van der Waals surface area contributed by atoms with Crippen LogP contribution in [0.15, 0.2) is 28.7 Å². The molecule has 2 N–H and O–H groups in total. The molecule has 0 unspecified atom stereocenters. The van der Waals surface area contributed by atoms with E-state index >= 15 is 0 Å². The molecular formula is C14H14BrF2N3. The maximum atomic E-state index is 13.8. The van der Waals surface area contributed by atoms with Crippen molar-refractivity contribution in [3.8, 4) is 0 Å². The van der Waals surface area contributed by atoms with Crippen LogP contribution >= 0.6 is 15.9 Å². The molecule has 2 rings (SSSR count). The number of hydrogen-bond donors (Lipinski definition) is 2. The second kappa shape index (κ2) is 6.17. The first-order valence-corrected chi connectivity index (χ1v) is 6.93. The Labute approximate surface area is 124 Å². The number of hydrogen-bond acceptors (Lipinski definition) is 3. The van der Waals surface area contributed by atoms with E-state index in [1.54, 1.807) is 6.07 Å². The maximum Gasteiger partial charge on any atom is 0.169 e. The highest BCUT2D eigenvalue weighted by molar-refractivity contribution is 9.10. The highest BCUT2D eigenvalue weighted by Crippen LogP contribution is 2.25. The summed E-state index contributed by atoms with van der Waals surface area (Å²) in [6.07, 6.45) is 0. The van der Waals surface area contributed by atoms with Gasteiger partial charge >= 0.3 is 0 Å². The van der Waals surface area contributed by atoms with E-state index in [1.807, 2.05) is 26.0 Å². The fourth-order valence-electron chi connectivity index (χ4n) is 1.79. The van der Waals surface area contributed by atoms with Crippen molar-refractivity contribution >= 4 is 33.3 Å². The molecule has 0 spiro atoms. The van der Waals surface area contributed by atoms with Gasteiger partial charge in [-0.2, -0.15) is 0 Å². The summed E-state index contributed by atoms with van der Waals surface area (Å²) >= 11 is 3.37. The molecule has 1 aromatic carbocycles. The highest BCUT2D eigenvalue weighted by atomic mass is 79.9. The average Bonchev–Trinajstić information content (AvgIpc) is 2.34. The number of benzene rings is 1. The van der Waals surface area contributed by atoms with Crippen molar-refractivity contribution in [1.82, 2.24) is 4.98 Å². The van der Waals surface area contributed by atoms with Crippen LogP contribution in [0.3, 0.4) is 0 Å². The highest BCUT2D eigenvalue weighted by Gasteiger charge is 2.12. The SMILES string of the molecule is CCNc1nc(Nc2cc(C)cc(Br)c2)c(F)cc1F. The van der Waals surface area contributed by atoms with Gasteiger partial charge in [0.15, 0.2) is 23.3 Å². The molecule has 0 aliphatic rings. The van der Waals surface area contributed by atoms with Gasteiger partial charge < -0.3 is 10.6 Å². The number of halogens is 3. The third-order valence-corrected chi connectivity index (χ3v) is 3.04. The zero-order chi connectivity index (χ0) is 14.7. The molecule has 0 amide bonds. The van der Waals surface area contributed by atoms with Crippen molar-refractivity contribution in [2.24, 2.45) is 0 Å². The lowest BCUT2D eigenvalue weighted by Gasteiger charge is -2.11. The molecule has 0 bridgehead atoms. The molecular weight excluding hydrogens is 328 g/mol. The molecule has 0 atom stereocenters. The Morgan fingerprint density at radius 3 is 2.45 bits per heavy atom. The number of aromatic nitrogens is 1. The number of aryl methyl sites for hydroxylation is 1. The standard InChI is InChI=1S/C14H14BrF2N3/c1-3-18-13-11(16)7-12(17)14(20-13)19-10-5-8(2)4-9(15)6-10/h4-7H,3H2,1-2H3,(H2,18,19,20). The molecule has 0 aliphatic heterocycles. The normalized spacial score (nSPS) is 10.4. The molecule has 2 aromatic rings. The van der Waals surface area contributed by atoms with Crippen molar-refractivity contribution in [3.63, 3.8) is 0 Å². The third kappa shape index (κ3) is 3.45. The Morgan fingerprint density at radius 1 is 1.10 bits per heavy atom. The Kier molecular flexibility index (Phi) is 4.54. The Hall–Kier alpha value is -1.69. The summed E-state index contributed by atoms with van der Waals surface area (Å²) in [5.41, 5.74) is 1.69. The second-order valence-electron chi connectivity index (χ2n) is 4.32. The third-order valence-electron chi connectivity index (χ3n) is 2.58. The van der Waals surface area contributed by atoms with E-state index in [9.17, 15) is 8.78 Å². The molecule has 1 aromatic heterocycles. The average molecular weight is 342 g/mol. The van der Waals surface area contributed by atoms with Gasteiger partial charge in [0.1, 0.15) is 0 Å². The minimum atomic E-state index is -0.734. The molecule has 1 heterocycles. The Bertz CT molecular complexity index is 612. The lowest BCUT2D eigenvalue weighted by molar-refractivity contribution is 0.579. The quantitative estimate of drug-likeness (QED) is 0.852. The van der Waals surface area contributed by atoms with E-state index in [1.165, 1.54) is 0 Å². The zero-order valence-corrected chi connectivity index (χ0v) is 12.7. The van der Waals surface area contributed by atoms with E-state index in [0.29, 0.717) is 12.2 Å². The summed E-state index contributed by atoms with van der Waals surface area (Å²) in [6.45, 7) is 4.24. The van der Waals surface area contributed by atoms with Crippen LogP contribution < -0.4 is 10.6 Å². The van der Waals surface area contributed by atoms with Gasteiger partial charge in [-0.15, -0.1) is 0 Å². The first-order valence-electron chi connectivity index (χ1n) is 6.13. The predicted octanol–water partition coefficient (Wildman–Crippen LogP) is 4.61. The molecule has 3 nitrogen and oxygen atoms in total. The van der Waals surface area contributed by atoms with E-state index in [2.05, 4.69) is 31.5 Å². The fraction of sp³-hybridized carbons (Fsp3) is 0.214. The van der Waals surface area contributed by atoms with Crippen LogP contribution in [0.2, 0.25) is 0 Å². The summed E-state index contributed by atoms with van der Waals surface area (Å²) in [7, 11) is 0. The second-order valence-corrected chi connectivity index (χ2v) is 5.24. The molecule has 106 valence electrons. The number of rotatable bonds is 4. The van der Waals surface area contributed by atoms with Gasteiger partial charge in [0.2, 0.25) is 0 Å². The lowest BCUT2D eigenvalue weighted by atomic mass is 10.2. The molecule has 0 radical (unpaired) electrons. The van der Waals surface area contributed by atoms with E-state index in [4.69, 9.17) is 0 Å². The minimum absolute atomic E-state index is 0.0140. The van der Waals surface area contributed by atoms with Gasteiger partial charge in [-0.05, 0) is 37.6 Å². The summed E-state index contributed by atoms with van der Waals surface area (Å²) < 4.78 is 28.1. The first kappa shape index (κ1) is 14.7. The largest absolute Gasteiger partial charge is 0.368 e. The monoisotopic (exact) mass is 341 g/mol. The van der Waals surface area contributed by atoms with Crippen LogP contribution in [0.4, 0.5) is 26.1 Å². The van der Waals surface area contributed by atoms with Crippen molar-refractivity contribution in [3.05, 3.63) is 45.9 Å². The van der Waals surface area contributed by atoms with Crippen LogP contribution in [-0.2, 0) is 0 Å². The first-order chi connectivity index (χ1) is 9.49. The van der Waals surface area contributed by atoms with Gasteiger partial charge in [0.25, 0.3) is 0 Å². The summed E-state index contributed by atoms with van der Waals surface area (Å²) in [5.74, 6) is -1.43. The lowest BCUT2D eigenvalue weighted by Crippen LogP contribution is -2.06. The fourth-order valence-corrected chi connectivity index (χ4v) is 2.40. The number of nitrogens with zero attached hydrogens (tertiary/aromatic N) is 1. The Balaban J connectivity index is 2.34. The number of pyridine rings is 1. The van der Waals surface area contributed by atoms with Crippen LogP contribution in [-0.4, -0.2) is 11.5 Å². The van der Waals surface area contributed by atoms with Crippen molar-refractivity contribution in [2.45, 2.75) is 13.8 Å². The van der Waals surface area contributed by atoms with Crippen molar-refractivity contribution in [2.75, 3.05) is 17.2 Å². The van der Waals surface area contributed by atoms with Gasteiger partial charge in [-0.25, -0.2) is 13.8 Å². The van der Waals surface area contributed by atoms with Gasteiger partial charge in [-0.3, -0.25) is 0 Å². The molecule has 0 saturated heterocycles. The van der Waals surface area contributed by atoms with Crippen molar-refractivity contribution in [1.29, 1.82) is 0 Å². The molecule has 0 saturated carbocycles. The molecule has 6 heteroatoms. The van der Waals surface area contributed by atoms with E-state index in [0.717, 1.165) is 16.1 Å². The number of anilines is 3. The topological polar surface area (TPSA) is 37.0 Å². The molecule has 0 fully saturated rings. The predicted molar refractivity (Wildman–Crippen MR) is 80.5 cm³/mol. The van der Waals surface area contributed by atoms with Gasteiger partial charge in [-0.1, -0.05) is 15.9 Å². The Morgan fingerprint density at radius 2 is 1.80 bits per heavy atom. The van der Waals surface area contributed by atoms with Gasteiger partial charge in [0, 0.05) is 22.8 Å². The summed E-state index contributed by atoms with van der Waals surface area (Å²) in [4.78, 5) is 3.93. The van der Waals surface area contributed by atoms with Crippen LogP contribution in [0.1, 0.15) is 12.5 Å². The van der Waals surface area contributed by atoms with Crippen molar-refractivity contribution < 1.29 is 8.78 Å².